The minimum atomic E-state index is -0.500. The van der Waals surface area contributed by atoms with Crippen LogP contribution in [0, 0.1) is 0 Å². The second kappa shape index (κ2) is 7.05. The molecule has 0 aliphatic carbocycles. The van der Waals surface area contributed by atoms with Gasteiger partial charge in [0, 0.05) is 19.7 Å². The van der Waals surface area contributed by atoms with E-state index in [-0.39, 0.29) is 28.4 Å². The van der Waals surface area contributed by atoms with Crippen LogP contribution in [-0.2, 0) is 18.9 Å². The molecule has 2 heterocycles. The van der Waals surface area contributed by atoms with Crippen LogP contribution >= 0.6 is 23.4 Å². The molecule has 26 heavy (non-hydrogen) atoms. The van der Waals surface area contributed by atoms with E-state index in [0.29, 0.717) is 15.6 Å². The first-order chi connectivity index (χ1) is 12.3. The van der Waals surface area contributed by atoms with E-state index < -0.39 is 11.2 Å². The molecular formula is C17H15ClN4O3S. The number of Topliss-reactive ketones (excluding diaryl/α,β-unsaturated/α-hetero) is 1. The van der Waals surface area contributed by atoms with E-state index in [1.54, 1.807) is 24.3 Å². The Hall–Kier alpha value is -2.45. The van der Waals surface area contributed by atoms with Crippen LogP contribution in [0.1, 0.15) is 6.92 Å². The standard InChI is InChI=1S/C17H15ClN4O3S/c1-9(23)8-26-15-12-14(21(2)17(25)22(3)16(12)24)19-13(20-15)10-6-4-5-7-11(10)18/h4-7H,8H2,1-3H3. The predicted molar refractivity (Wildman–Crippen MR) is 102 cm³/mol. The highest BCUT2D eigenvalue weighted by molar-refractivity contribution is 8.00. The number of hydrogen-bond donors (Lipinski definition) is 0. The zero-order valence-electron chi connectivity index (χ0n) is 14.3. The first-order valence-electron chi connectivity index (χ1n) is 7.66. The number of aromatic nitrogens is 4. The number of carbonyl (C=O) groups excluding carboxylic acids is 1. The number of rotatable bonds is 4. The molecule has 9 heteroatoms. The third kappa shape index (κ3) is 3.17. The molecule has 1 aromatic carbocycles. The van der Waals surface area contributed by atoms with Gasteiger partial charge in [0.2, 0.25) is 0 Å². The number of fused-ring (bicyclic) bond motifs is 1. The number of thioether (sulfide) groups is 1. The fourth-order valence-electron chi connectivity index (χ4n) is 2.47. The summed E-state index contributed by atoms with van der Waals surface area (Å²) in [6.07, 6.45) is 0. The summed E-state index contributed by atoms with van der Waals surface area (Å²) < 4.78 is 2.29. The Morgan fingerprint density at radius 2 is 1.85 bits per heavy atom. The monoisotopic (exact) mass is 390 g/mol. The van der Waals surface area contributed by atoms with E-state index in [1.807, 2.05) is 0 Å². The Balaban J connectivity index is 2.40. The van der Waals surface area contributed by atoms with Crippen LogP contribution in [0.25, 0.3) is 22.4 Å². The van der Waals surface area contributed by atoms with Gasteiger partial charge < -0.3 is 0 Å². The Labute approximate surface area is 157 Å². The van der Waals surface area contributed by atoms with Gasteiger partial charge in [0.15, 0.2) is 11.5 Å². The van der Waals surface area contributed by atoms with Gasteiger partial charge >= 0.3 is 5.69 Å². The summed E-state index contributed by atoms with van der Waals surface area (Å²) in [5, 5.41) is 0.996. The lowest BCUT2D eigenvalue weighted by molar-refractivity contribution is -0.114. The van der Waals surface area contributed by atoms with Crippen LogP contribution in [-0.4, -0.2) is 30.6 Å². The lowest BCUT2D eigenvalue weighted by atomic mass is 10.2. The Morgan fingerprint density at radius 1 is 1.15 bits per heavy atom. The number of aryl methyl sites for hydroxylation is 1. The molecule has 0 atom stereocenters. The SMILES string of the molecule is CC(=O)CSc1nc(-c2ccccc2Cl)nc2c1c(=O)n(C)c(=O)n2C. The third-order valence-electron chi connectivity index (χ3n) is 3.79. The van der Waals surface area contributed by atoms with E-state index in [9.17, 15) is 14.4 Å². The molecule has 0 radical (unpaired) electrons. The molecular weight excluding hydrogens is 376 g/mol. The summed E-state index contributed by atoms with van der Waals surface area (Å²) in [5.41, 5.74) is -0.211. The van der Waals surface area contributed by atoms with Crippen LogP contribution in [0.4, 0.5) is 0 Å². The van der Waals surface area contributed by atoms with Crippen LogP contribution < -0.4 is 11.2 Å². The van der Waals surface area contributed by atoms with Gasteiger partial charge in [0.05, 0.1) is 10.8 Å². The topological polar surface area (TPSA) is 86.8 Å². The molecule has 0 bridgehead atoms. The molecule has 2 aromatic heterocycles. The molecule has 0 fully saturated rings. The van der Waals surface area contributed by atoms with Crippen molar-refractivity contribution in [2.45, 2.75) is 11.9 Å². The van der Waals surface area contributed by atoms with E-state index in [2.05, 4.69) is 9.97 Å². The van der Waals surface area contributed by atoms with Crippen molar-refractivity contribution in [2.24, 2.45) is 14.1 Å². The van der Waals surface area contributed by atoms with Gasteiger partial charge in [-0.05, 0) is 19.1 Å². The highest BCUT2D eigenvalue weighted by Crippen LogP contribution is 2.29. The Bertz CT molecular complexity index is 1150. The molecule has 0 spiro atoms. The van der Waals surface area contributed by atoms with Gasteiger partial charge in [-0.25, -0.2) is 14.8 Å². The maximum Gasteiger partial charge on any atom is 0.332 e. The van der Waals surface area contributed by atoms with Gasteiger partial charge in [-0.2, -0.15) is 0 Å². The number of nitrogens with zero attached hydrogens (tertiary/aromatic N) is 4. The number of benzene rings is 1. The van der Waals surface area contributed by atoms with Crippen molar-refractivity contribution in [3.63, 3.8) is 0 Å². The van der Waals surface area contributed by atoms with Crippen LogP contribution in [0.5, 0.6) is 0 Å². The molecule has 0 unspecified atom stereocenters. The average Bonchev–Trinajstić information content (AvgIpc) is 2.62. The number of hydrogen-bond acceptors (Lipinski definition) is 6. The van der Waals surface area contributed by atoms with Crippen molar-refractivity contribution in [3.05, 3.63) is 50.1 Å². The number of carbonyl (C=O) groups is 1. The van der Waals surface area contributed by atoms with Crippen molar-refractivity contribution in [1.29, 1.82) is 0 Å². The molecule has 3 rings (SSSR count). The van der Waals surface area contributed by atoms with Crippen molar-refractivity contribution < 1.29 is 4.79 Å². The first kappa shape index (κ1) is 18.3. The molecule has 3 aromatic rings. The summed E-state index contributed by atoms with van der Waals surface area (Å²) in [6, 6.07) is 7.03. The molecule has 134 valence electrons. The van der Waals surface area contributed by atoms with Gasteiger partial charge in [-0.3, -0.25) is 18.7 Å². The molecule has 0 saturated heterocycles. The molecule has 7 nitrogen and oxygen atoms in total. The second-order valence-corrected chi connectivity index (χ2v) is 7.10. The number of ketones is 1. The van der Waals surface area contributed by atoms with Crippen molar-refractivity contribution in [3.8, 4) is 11.4 Å². The summed E-state index contributed by atoms with van der Waals surface area (Å²) in [4.78, 5) is 45.2. The Morgan fingerprint density at radius 3 is 2.50 bits per heavy atom. The zero-order chi connectivity index (χ0) is 19.0. The Kier molecular flexibility index (Phi) is 4.97. The third-order valence-corrected chi connectivity index (χ3v) is 5.24. The molecule has 0 saturated carbocycles. The second-order valence-electron chi connectivity index (χ2n) is 5.73. The normalized spacial score (nSPS) is 11.1. The highest BCUT2D eigenvalue weighted by atomic mass is 35.5. The first-order valence-corrected chi connectivity index (χ1v) is 9.02. The maximum absolute atomic E-state index is 12.6. The minimum absolute atomic E-state index is 0.0531. The van der Waals surface area contributed by atoms with Gasteiger partial charge in [0.1, 0.15) is 16.2 Å². The van der Waals surface area contributed by atoms with E-state index in [0.717, 1.165) is 16.3 Å². The quantitative estimate of drug-likeness (QED) is 0.500. The average molecular weight is 391 g/mol. The molecule has 0 amide bonds. The van der Waals surface area contributed by atoms with E-state index in [4.69, 9.17) is 11.6 Å². The largest absolute Gasteiger partial charge is 0.332 e. The van der Waals surface area contributed by atoms with Crippen molar-refractivity contribution in [2.75, 3.05) is 5.75 Å². The highest BCUT2D eigenvalue weighted by Gasteiger charge is 2.19. The fraction of sp³-hybridized carbons (Fsp3) is 0.235. The van der Waals surface area contributed by atoms with E-state index in [1.165, 1.54) is 25.6 Å². The summed E-state index contributed by atoms with van der Waals surface area (Å²) in [6.45, 7) is 1.46. The summed E-state index contributed by atoms with van der Waals surface area (Å²) in [5.74, 6) is 0.389. The van der Waals surface area contributed by atoms with E-state index >= 15 is 0 Å². The van der Waals surface area contributed by atoms with Crippen LogP contribution in [0.2, 0.25) is 5.02 Å². The minimum Gasteiger partial charge on any atom is -0.299 e. The fourth-order valence-corrected chi connectivity index (χ4v) is 3.50. The lowest BCUT2D eigenvalue weighted by Gasteiger charge is -2.12. The van der Waals surface area contributed by atoms with Crippen molar-refractivity contribution >= 4 is 40.2 Å². The summed E-state index contributed by atoms with van der Waals surface area (Å²) in [7, 11) is 2.93. The molecule has 0 aliphatic rings. The predicted octanol–water partition coefficient (Wildman–Crippen LogP) is 2.03. The van der Waals surface area contributed by atoms with Gasteiger partial charge in [-0.15, -0.1) is 0 Å². The number of halogens is 1. The zero-order valence-corrected chi connectivity index (χ0v) is 15.9. The molecule has 0 aliphatic heterocycles. The lowest BCUT2D eigenvalue weighted by Crippen LogP contribution is -2.37. The molecule has 0 N–H and O–H groups in total. The maximum atomic E-state index is 12.6. The summed E-state index contributed by atoms with van der Waals surface area (Å²) >= 11 is 7.38. The van der Waals surface area contributed by atoms with Gasteiger partial charge in [-0.1, -0.05) is 35.5 Å². The van der Waals surface area contributed by atoms with Crippen LogP contribution in [0.15, 0.2) is 38.9 Å². The van der Waals surface area contributed by atoms with Gasteiger partial charge in [0.25, 0.3) is 5.56 Å². The van der Waals surface area contributed by atoms with Crippen molar-refractivity contribution in [1.82, 2.24) is 19.1 Å². The smallest absolute Gasteiger partial charge is 0.299 e. The van der Waals surface area contributed by atoms with Crippen LogP contribution in [0.3, 0.4) is 0 Å².